The monoisotopic (exact) mass is 592 g/mol. The van der Waals surface area contributed by atoms with Crippen molar-refractivity contribution in [2.45, 2.75) is 25.9 Å². The molecule has 4 rings (SSSR count). The minimum atomic E-state index is -1.32. The van der Waals surface area contributed by atoms with Gasteiger partial charge in [0.05, 0.1) is 27.6 Å². The fraction of sp³-hybridized carbons (Fsp3) is 0.250. The second kappa shape index (κ2) is 13.2. The van der Waals surface area contributed by atoms with E-state index >= 15 is 0 Å². The Balaban J connectivity index is 0.000000308. The number of quaternary nitrogens is 1. The van der Waals surface area contributed by atoms with E-state index in [1.807, 2.05) is 21.1 Å². The number of phenols is 2. The first-order chi connectivity index (χ1) is 20.1. The first kappa shape index (κ1) is 32.4. The number of esters is 1. The van der Waals surface area contributed by atoms with E-state index in [-0.39, 0.29) is 35.1 Å². The summed E-state index contributed by atoms with van der Waals surface area (Å²) in [6.45, 7) is 1.77. The number of rotatable bonds is 9. The summed E-state index contributed by atoms with van der Waals surface area (Å²) in [4.78, 5) is 45.0. The summed E-state index contributed by atoms with van der Waals surface area (Å²) >= 11 is 0. The molecule has 0 saturated heterocycles. The summed E-state index contributed by atoms with van der Waals surface area (Å²) in [7, 11) is 5.75. The van der Waals surface area contributed by atoms with Crippen LogP contribution in [0.4, 0.5) is 0 Å². The highest BCUT2D eigenvalue weighted by Gasteiger charge is 2.25. The van der Waals surface area contributed by atoms with Gasteiger partial charge in [0.15, 0.2) is 6.10 Å². The number of carboxylic acid groups (broad SMARTS) is 3. The molecule has 0 aliphatic carbocycles. The van der Waals surface area contributed by atoms with E-state index in [0.29, 0.717) is 32.6 Å². The van der Waals surface area contributed by atoms with Crippen LogP contribution in [0.5, 0.6) is 11.5 Å². The quantitative estimate of drug-likeness (QED) is 0.137. The third kappa shape index (κ3) is 8.20. The number of carboxylic acids is 3. The summed E-state index contributed by atoms with van der Waals surface area (Å²) in [5, 5.41) is 51.1. The number of fused-ring (bicyclic) bond motifs is 2. The summed E-state index contributed by atoms with van der Waals surface area (Å²) in [5.41, 5.74) is -0.00219. The van der Waals surface area contributed by atoms with E-state index in [1.54, 1.807) is 48.5 Å². The summed E-state index contributed by atoms with van der Waals surface area (Å²) in [5.74, 6) is -4.82. The zero-order valence-electron chi connectivity index (χ0n) is 24.2. The maximum atomic E-state index is 11.9. The molecule has 226 valence electrons. The van der Waals surface area contributed by atoms with Crippen LogP contribution < -0.4 is 0 Å². The molecule has 1 atom stereocenters. The first-order valence-corrected chi connectivity index (χ1v) is 13.2. The van der Waals surface area contributed by atoms with Crippen LogP contribution in [0.2, 0.25) is 0 Å². The predicted molar refractivity (Wildman–Crippen MR) is 159 cm³/mol. The van der Waals surface area contributed by atoms with Crippen molar-refractivity contribution in [1.29, 1.82) is 0 Å². The molecule has 0 bridgehead atoms. The molecular formula is C32H34NO10+. The minimum absolute atomic E-state index is 0.0902. The van der Waals surface area contributed by atoms with Gasteiger partial charge < -0.3 is 34.8 Å². The number of carbonyl (C=O) groups excluding carboxylic acids is 1. The number of likely N-dealkylation sites (N-methyl/N-ethyl adjacent to an activating group) is 1. The number of aromatic hydroxyl groups is 2. The van der Waals surface area contributed by atoms with Gasteiger partial charge in [-0.15, -0.1) is 0 Å². The van der Waals surface area contributed by atoms with Crippen LogP contribution >= 0.6 is 0 Å². The van der Waals surface area contributed by atoms with Crippen LogP contribution in [0.1, 0.15) is 45.2 Å². The van der Waals surface area contributed by atoms with Crippen LogP contribution in [0, 0.1) is 0 Å². The lowest BCUT2D eigenvalue weighted by molar-refractivity contribution is -0.873. The highest BCUT2D eigenvalue weighted by Crippen LogP contribution is 2.37. The van der Waals surface area contributed by atoms with Gasteiger partial charge in [-0.1, -0.05) is 48.5 Å². The Kier molecular flexibility index (Phi) is 9.94. The molecule has 0 radical (unpaired) electrons. The molecular weight excluding hydrogens is 558 g/mol. The Morgan fingerprint density at radius 3 is 1.51 bits per heavy atom. The molecule has 0 aromatic heterocycles. The number of aliphatic carboxylic acids is 1. The largest absolute Gasteiger partial charge is 0.507 e. The van der Waals surface area contributed by atoms with Crippen LogP contribution in [0.3, 0.4) is 0 Å². The van der Waals surface area contributed by atoms with Gasteiger partial charge in [0.2, 0.25) is 0 Å². The van der Waals surface area contributed by atoms with Gasteiger partial charge in [-0.3, -0.25) is 9.59 Å². The molecule has 5 N–H and O–H groups in total. The standard InChI is InChI=1S/C23H16O6.C9H17NO4/c24-18-9-12-5-1-3-7-14(12)16(20(18)22(26)27)11-17-15-8-4-2-6-13(15)10-19(25)21(17)23(28)29;1-7(11)14-8(5-9(12)13)6-10(2,3)4/h1-10,24-25H,11H2,(H,26,27)(H,28,29);8H,5-6H2,1-4H3/p+1/t;8-/m.1/s1. The highest BCUT2D eigenvalue weighted by molar-refractivity contribution is 6.04. The molecule has 0 amide bonds. The molecule has 4 aromatic carbocycles. The minimum Gasteiger partial charge on any atom is -0.507 e. The lowest BCUT2D eigenvalue weighted by atomic mass is 9.88. The summed E-state index contributed by atoms with van der Waals surface area (Å²) < 4.78 is 5.46. The summed E-state index contributed by atoms with van der Waals surface area (Å²) in [6.07, 6.45) is -0.785. The fourth-order valence-corrected chi connectivity index (χ4v) is 5.02. The van der Waals surface area contributed by atoms with E-state index in [0.717, 1.165) is 0 Å². The molecule has 43 heavy (non-hydrogen) atoms. The Bertz CT molecular complexity index is 1590. The second-order valence-electron chi connectivity index (χ2n) is 11.0. The van der Waals surface area contributed by atoms with E-state index in [1.165, 1.54) is 19.1 Å². The third-order valence-electron chi connectivity index (χ3n) is 6.54. The van der Waals surface area contributed by atoms with Crippen LogP contribution in [0.15, 0.2) is 60.7 Å². The molecule has 0 heterocycles. The van der Waals surface area contributed by atoms with Gasteiger partial charge in [0.25, 0.3) is 0 Å². The molecule has 0 fully saturated rings. The number of aromatic carboxylic acids is 2. The predicted octanol–water partition coefficient (Wildman–Crippen LogP) is 4.49. The van der Waals surface area contributed by atoms with Gasteiger partial charge in [0.1, 0.15) is 29.2 Å². The fourth-order valence-electron chi connectivity index (χ4n) is 5.02. The Labute approximate surface area is 247 Å². The highest BCUT2D eigenvalue weighted by atomic mass is 16.5. The van der Waals surface area contributed by atoms with Gasteiger partial charge in [-0.2, -0.15) is 0 Å². The summed E-state index contributed by atoms with van der Waals surface area (Å²) in [6, 6.07) is 16.7. The van der Waals surface area contributed by atoms with Gasteiger partial charge in [-0.25, -0.2) is 9.59 Å². The molecule has 0 saturated carbocycles. The normalized spacial score (nSPS) is 11.8. The molecule has 0 spiro atoms. The zero-order valence-corrected chi connectivity index (χ0v) is 24.2. The number of hydrogen-bond acceptors (Lipinski definition) is 7. The molecule has 4 aromatic rings. The topological polar surface area (TPSA) is 179 Å². The van der Waals surface area contributed by atoms with E-state index in [4.69, 9.17) is 9.84 Å². The van der Waals surface area contributed by atoms with Crippen molar-refractivity contribution < 1.29 is 53.9 Å². The third-order valence-corrected chi connectivity index (χ3v) is 6.54. The van der Waals surface area contributed by atoms with Crippen molar-refractivity contribution in [1.82, 2.24) is 0 Å². The first-order valence-electron chi connectivity index (χ1n) is 13.2. The van der Waals surface area contributed by atoms with Crippen molar-refractivity contribution in [2.75, 3.05) is 27.7 Å². The SMILES string of the molecule is CC(=O)O[C@H](CC(=O)O)C[N+](C)(C)C.O=C(O)c1c(O)cc2ccccc2c1Cc1c(C(=O)O)c(O)cc2ccccc12. The van der Waals surface area contributed by atoms with Crippen LogP contribution in [-0.2, 0) is 20.7 Å². The van der Waals surface area contributed by atoms with Gasteiger partial charge >= 0.3 is 23.9 Å². The van der Waals surface area contributed by atoms with Crippen molar-refractivity contribution in [3.8, 4) is 11.5 Å². The van der Waals surface area contributed by atoms with Crippen molar-refractivity contribution in [2.24, 2.45) is 0 Å². The van der Waals surface area contributed by atoms with Gasteiger partial charge in [0, 0.05) is 13.3 Å². The lowest BCUT2D eigenvalue weighted by Crippen LogP contribution is -2.43. The van der Waals surface area contributed by atoms with Gasteiger partial charge in [-0.05, 0) is 44.8 Å². The molecule has 0 aliphatic heterocycles. The van der Waals surface area contributed by atoms with E-state index in [2.05, 4.69) is 0 Å². The Hall–Kier alpha value is -5.16. The lowest BCUT2D eigenvalue weighted by Gasteiger charge is -2.28. The van der Waals surface area contributed by atoms with Crippen molar-refractivity contribution in [3.05, 3.63) is 82.9 Å². The number of hydrogen-bond donors (Lipinski definition) is 5. The van der Waals surface area contributed by atoms with Crippen molar-refractivity contribution in [3.63, 3.8) is 0 Å². The van der Waals surface area contributed by atoms with E-state index < -0.39 is 41.5 Å². The smallest absolute Gasteiger partial charge is 0.339 e. The maximum absolute atomic E-state index is 11.9. The zero-order chi connectivity index (χ0) is 32.1. The van der Waals surface area contributed by atoms with Crippen molar-refractivity contribution >= 4 is 45.4 Å². The maximum Gasteiger partial charge on any atom is 0.339 e. The number of nitrogens with zero attached hydrogens (tertiary/aromatic N) is 1. The Morgan fingerprint density at radius 1 is 0.744 bits per heavy atom. The average molecular weight is 593 g/mol. The molecule has 11 heteroatoms. The number of benzene rings is 4. The van der Waals surface area contributed by atoms with E-state index in [9.17, 15) is 39.6 Å². The van der Waals surface area contributed by atoms with Crippen LogP contribution in [-0.4, -0.2) is 87.7 Å². The Morgan fingerprint density at radius 2 is 1.16 bits per heavy atom. The average Bonchev–Trinajstić information content (AvgIpc) is 2.86. The van der Waals surface area contributed by atoms with Crippen LogP contribution in [0.25, 0.3) is 21.5 Å². The second-order valence-corrected chi connectivity index (χ2v) is 11.0. The number of ether oxygens (including phenoxy) is 1. The molecule has 0 aliphatic rings. The number of carbonyl (C=O) groups is 4. The molecule has 0 unspecified atom stereocenters. The molecule has 11 nitrogen and oxygen atoms in total.